The van der Waals surface area contributed by atoms with Crippen LogP contribution in [-0.4, -0.2) is 24.5 Å². The van der Waals surface area contributed by atoms with Crippen molar-refractivity contribution in [3.8, 4) is 11.5 Å². The van der Waals surface area contributed by atoms with Gasteiger partial charge in [-0.25, -0.2) is 0 Å². The van der Waals surface area contributed by atoms with Crippen LogP contribution in [0.15, 0.2) is 18.2 Å². The number of rotatable bonds is 5. The largest absolute Gasteiger partial charge is 0.454 e. The minimum atomic E-state index is -0.246. The summed E-state index contributed by atoms with van der Waals surface area (Å²) in [5.74, 6) is 1.63. The number of aliphatic hydroxyl groups excluding tert-OH is 1. The van der Waals surface area contributed by atoms with E-state index in [9.17, 15) is 0 Å². The molecule has 1 aromatic carbocycles. The summed E-state index contributed by atoms with van der Waals surface area (Å²) >= 11 is 0. The van der Waals surface area contributed by atoms with Crippen LogP contribution in [0.4, 0.5) is 0 Å². The molecule has 1 unspecified atom stereocenters. The van der Waals surface area contributed by atoms with E-state index in [1.807, 2.05) is 18.2 Å². The van der Waals surface area contributed by atoms with Gasteiger partial charge in [-0.2, -0.15) is 0 Å². The number of nitrogens with one attached hydrogen (secondary N) is 1. The standard InChI is InChI=1S/C12H17NO3/c1-9(14)4-5-13-7-10-2-3-11-12(6-10)16-8-15-11/h2-3,6,9,13-14H,4-5,7-8H2,1H3. The van der Waals surface area contributed by atoms with Crippen LogP contribution in [0.5, 0.6) is 11.5 Å². The van der Waals surface area contributed by atoms with Crippen LogP contribution in [0, 0.1) is 0 Å². The second-order valence-electron chi connectivity index (χ2n) is 4.00. The van der Waals surface area contributed by atoms with Gasteiger partial charge >= 0.3 is 0 Å². The normalized spacial score (nSPS) is 15.1. The van der Waals surface area contributed by atoms with E-state index in [2.05, 4.69) is 5.32 Å². The Morgan fingerprint density at radius 2 is 2.19 bits per heavy atom. The third-order valence-corrected chi connectivity index (χ3v) is 2.50. The molecule has 0 saturated carbocycles. The minimum Gasteiger partial charge on any atom is -0.454 e. The fourth-order valence-electron chi connectivity index (χ4n) is 1.59. The first kappa shape index (κ1) is 11.2. The average Bonchev–Trinajstić information content (AvgIpc) is 2.71. The van der Waals surface area contributed by atoms with Gasteiger partial charge < -0.3 is 19.9 Å². The van der Waals surface area contributed by atoms with Gasteiger partial charge in [0.2, 0.25) is 6.79 Å². The maximum atomic E-state index is 9.10. The molecule has 16 heavy (non-hydrogen) atoms. The van der Waals surface area contributed by atoms with Crippen LogP contribution in [-0.2, 0) is 6.54 Å². The predicted molar refractivity (Wildman–Crippen MR) is 60.6 cm³/mol. The SMILES string of the molecule is CC(O)CCNCc1ccc2c(c1)OCO2. The lowest BCUT2D eigenvalue weighted by molar-refractivity contribution is 0.174. The monoisotopic (exact) mass is 223 g/mol. The van der Waals surface area contributed by atoms with Crippen LogP contribution in [0.3, 0.4) is 0 Å². The van der Waals surface area contributed by atoms with Crippen molar-refractivity contribution in [2.75, 3.05) is 13.3 Å². The number of ether oxygens (including phenoxy) is 2. The van der Waals surface area contributed by atoms with Gasteiger partial charge in [0.15, 0.2) is 11.5 Å². The maximum absolute atomic E-state index is 9.10. The Morgan fingerprint density at radius 3 is 3.00 bits per heavy atom. The zero-order valence-corrected chi connectivity index (χ0v) is 9.40. The molecular formula is C12H17NO3. The summed E-state index contributed by atoms with van der Waals surface area (Å²) in [5.41, 5.74) is 1.16. The average molecular weight is 223 g/mol. The van der Waals surface area contributed by atoms with E-state index in [0.29, 0.717) is 6.79 Å². The van der Waals surface area contributed by atoms with E-state index < -0.39 is 0 Å². The van der Waals surface area contributed by atoms with E-state index in [-0.39, 0.29) is 6.10 Å². The van der Waals surface area contributed by atoms with Crippen LogP contribution in [0.2, 0.25) is 0 Å². The van der Waals surface area contributed by atoms with Gasteiger partial charge in [-0.1, -0.05) is 6.07 Å². The first-order valence-corrected chi connectivity index (χ1v) is 5.53. The minimum absolute atomic E-state index is 0.246. The number of hydrogen-bond donors (Lipinski definition) is 2. The van der Waals surface area contributed by atoms with E-state index in [1.54, 1.807) is 6.92 Å². The molecule has 1 aliphatic heterocycles. The molecule has 1 aromatic rings. The van der Waals surface area contributed by atoms with E-state index in [4.69, 9.17) is 14.6 Å². The molecule has 0 spiro atoms. The van der Waals surface area contributed by atoms with Crippen molar-refractivity contribution in [1.29, 1.82) is 0 Å². The molecule has 2 N–H and O–H groups in total. The van der Waals surface area contributed by atoms with E-state index in [0.717, 1.165) is 36.6 Å². The second-order valence-corrected chi connectivity index (χ2v) is 4.00. The molecule has 0 amide bonds. The molecule has 0 bridgehead atoms. The summed E-state index contributed by atoms with van der Waals surface area (Å²) in [6.07, 6.45) is 0.522. The molecule has 0 radical (unpaired) electrons. The van der Waals surface area contributed by atoms with Crippen LogP contribution < -0.4 is 14.8 Å². The molecule has 0 saturated heterocycles. The molecule has 88 valence electrons. The lowest BCUT2D eigenvalue weighted by Crippen LogP contribution is -2.18. The summed E-state index contributed by atoms with van der Waals surface area (Å²) in [6, 6.07) is 5.93. The molecule has 1 atom stereocenters. The lowest BCUT2D eigenvalue weighted by atomic mass is 10.2. The van der Waals surface area contributed by atoms with Crippen LogP contribution in [0.1, 0.15) is 18.9 Å². The molecule has 1 heterocycles. The summed E-state index contributed by atoms with van der Waals surface area (Å²) in [4.78, 5) is 0. The molecule has 0 aromatic heterocycles. The molecular weight excluding hydrogens is 206 g/mol. The van der Waals surface area contributed by atoms with Gasteiger partial charge in [-0.3, -0.25) is 0 Å². The topological polar surface area (TPSA) is 50.7 Å². The second kappa shape index (κ2) is 5.18. The van der Waals surface area contributed by atoms with Crippen LogP contribution in [0.25, 0.3) is 0 Å². The molecule has 0 aliphatic carbocycles. The highest BCUT2D eigenvalue weighted by Gasteiger charge is 2.12. The molecule has 4 heteroatoms. The molecule has 1 aliphatic rings. The Labute approximate surface area is 95.2 Å². The first-order valence-electron chi connectivity index (χ1n) is 5.53. The van der Waals surface area contributed by atoms with E-state index in [1.165, 1.54) is 0 Å². The highest BCUT2D eigenvalue weighted by molar-refractivity contribution is 5.44. The quantitative estimate of drug-likeness (QED) is 0.738. The van der Waals surface area contributed by atoms with Crippen molar-refractivity contribution in [3.05, 3.63) is 23.8 Å². The van der Waals surface area contributed by atoms with Gasteiger partial charge in [0.25, 0.3) is 0 Å². The van der Waals surface area contributed by atoms with Gasteiger partial charge in [-0.05, 0) is 37.6 Å². The van der Waals surface area contributed by atoms with Crippen molar-refractivity contribution in [3.63, 3.8) is 0 Å². The summed E-state index contributed by atoms with van der Waals surface area (Å²) in [5, 5.41) is 12.4. The summed E-state index contributed by atoms with van der Waals surface area (Å²) in [6.45, 7) is 3.70. The Balaban J connectivity index is 1.81. The predicted octanol–water partition coefficient (Wildman–Crippen LogP) is 1.28. The highest BCUT2D eigenvalue weighted by Crippen LogP contribution is 2.32. The Hall–Kier alpha value is -1.26. The van der Waals surface area contributed by atoms with Crippen molar-refractivity contribution in [2.24, 2.45) is 0 Å². The maximum Gasteiger partial charge on any atom is 0.231 e. The fourth-order valence-corrected chi connectivity index (χ4v) is 1.59. The van der Waals surface area contributed by atoms with Crippen molar-refractivity contribution in [1.82, 2.24) is 5.32 Å². The van der Waals surface area contributed by atoms with Crippen molar-refractivity contribution in [2.45, 2.75) is 26.0 Å². The van der Waals surface area contributed by atoms with E-state index >= 15 is 0 Å². The Bertz CT molecular complexity index is 352. The number of benzene rings is 1. The van der Waals surface area contributed by atoms with Gasteiger partial charge in [0.05, 0.1) is 6.10 Å². The number of hydrogen-bond acceptors (Lipinski definition) is 4. The summed E-state index contributed by atoms with van der Waals surface area (Å²) in [7, 11) is 0. The zero-order valence-electron chi connectivity index (χ0n) is 9.40. The third-order valence-electron chi connectivity index (χ3n) is 2.50. The number of aliphatic hydroxyl groups is 1. The first-order chi connectivity index (χ1) is 7.75. The van der Waals surface area contributed by atoms with Crippen molar-refractivity contribution >= 4 is 0 Å². The van der Waals surface area contributed by atoms with Crippen LogP contribution >= 0.6 is 0 Å². The van der Waals surface area contributed by atoms with Gasteiger partial charge in [0.1, 0.15) is 0 Å². The zero-order chi connectivity index (χ0) is 11.4. The number of fused-ring (bicyclic) bond motifs is 1. The third kappa shape index (κ3) is 2.87. The van der Waals surface area contributed by atoms with Gasteiger partial charge in [-0.15, -0.1) is 0 Å². The Kier molecular flexibility index (Phi) is 3.64. The molecule has 4 nitrogen and oxygen atoms in total. The Morgan fingerprint density at radius 1 is 1.38 bits per heavy atom. The summed E-state index contributed by atoms with van der Waals surface area (Å²) < 4.78 is 10.5. The van der Waals surface area contributed by atoms with Crippen molar-refractivity contribution < 1.29 is 14.6 Å². The molecule has 0 fully saturated rings. The molecule has 2 rings (SSSR count). The lowest BCUT2D eigenvalue weighted by Gasteiger charge is -2.07. The smallest absolute Gasteiger partial charge is 0.231 e. The van der Waals surface area contributed by atoms with Gasteiger partial charge in [0, 0.05) is 6.54 Å². The fraction of sp³-hybridized carbons (Fsp3) is 0.500. The highest BCUT2D eigenvalue weighted by atomic mass is 16.7.